The number of allylic oxidation sites excluding steroid dienone is 2. The third kappa shape index (κ3) is 0.967. The van der Waals surface area contributed by atoms with E-state index in [1.807, 2.05) is 12.4 Å². The van der Waals surface area contributed by atoms with Crippen molar-refractivity contribution in [3.05, 3.63) is 35.7 Å². The molecule has 2 rings (SSSR count). The summed E-state index contributed by atoms with van der Waals surface area (Å²) >= 11 is 0. The van der Waals surface area contributed by atoms with Crippen LogP contribution in [0.15, 0.2) is 24.5 Å². The molecule has 1 aromatic rings. The van der Waals surface area contributed by atoms with Gasteiger partial charge in [-0.15, -0.1) is 0 Å². The Morgan fingerprint density at radius 3 is 3.27 bits per heavy atom. The summed E-state index contributed by atoms with van der Waals surface area (Å²) < 4.78 is 0. The van der Waals surface area contributed by atoms with Crippen LogP contribution in [-0.4, -0.2) is 4.98 Å². The van der Waals surface area contributed by atoms with Crippen molar-refractivity contribution < 1.29 is 0 Å². The number of hydrogen-bond acceptors (Lipinski definition) is 1. The van der Waals surface area contributed by atoms with E-state index in [2.05, 4.69) is 24.1 Å². The van der Waals surface area contributed by atoms with Crippen molar-refractivity contribution in [2.24, 2.45) is 0 Å². The summed E-state index contributed by atoms with van der Waals surface area (Å²) in [6.45, 7) is 2.20. The lowest BCUT2D eigenvalue weighted by molar-refractivity contribution is 1.20. The van der Waals surface area contributed by atoms with E-state index in [9.17, 15) is 0 Å². The van der Waals surface area contributed by atoms with Gasteiger partial charge in [0.1, 0.15) is 0 Å². The van der Waals surface area contributed by atoms with E-state index < -0.39 is 0 Å². The van der Waals surface area contributed by atoms with Gasteiger partial charge in [-0.1, -0.05) is 13.0 Å². The highest BCUT2D eigenvalue weighted by molar-refractivity contribution is 5.72. The molecule has 1 aromatic heterocycles. The van der Waals surface area contributed by atoms with Gasteiger partial charge in [-0.25, -0.2) is 0 Å². The molecule has 0 unspecified atom stereocenters. The molecule has 0 aliphatic heterocycles. The second kappa shape index (κ2) is 2.50. The molecule has 1 aliphatic rings. The van der Waals surface area contributed by atoms with Gasteiger partial charge in [0, 0.05) is 12.4 Å². The highest BCUT2D eigenvalue weighted by Crippen LogP contribution is 2.27. The minimum absolute atomic E-state index is 1.08. The van der Waals surface area contributed by atoms with Crippen LogP contribution >= 0.6 is 0 Å². The zero-order valence-electron chi connectivity index (χ0n) is 6.67. The average molecular weight is 145 g/mol. The fourth-order valence-electron chi connectivity index (χ4n) is 1.58. The Bertz CT molecular complexity index is 299. The van der Waals surface area contributed by atoms with Crippen molar-refractivity contribution in [2.45, 2.75) is 19.8 Å². The Morgan fingerprint density at radius 2 is 2.45 bits per heavy atom. The summed E-state index contributed by atoms with van der Waals surface area (Å²) in [6.07, 6.45) is 8.35. The summed E-state index contributed by atoms with van der Waals surface area (Å²) in [7, 11) is 0. The zero-order chi connectivity index (χ0) is 7.68. The van der Waals surface area contributed by atoms with Crippen molar-refractivity contribution in [3.8, 4) is 0 Å². The summed E-state index contributed by atoms with van der Waals surface area (Å²) in [4.78, 5) is 4.09. The molecule has 0 atom stereocenters. The Kier molecular flexibility index (Phi) is 1.50. The molecule has 0 saturated carbocycles. The van der Waals surface area contributed by atoms with E-state index in [1.165, 1.54) is 16.7 Å². The zero-order valence-corrected chi connectivity index (χ0v) is 6.67. The van der Waals surface area contributed by atoms with Crippen molar-refractivity contribution in [1.82, 2.24) is 4.98 Å². The predicted octanol–water partition coefficient (Wildman–Crippen LogP) is 2.43. The molecule has 0 radical (unpaired) electrons. The summed E-state index contributed by atoms with van der Waals surface area (Å²) in [6, 6.07) is 2.11. The van der Waals surface area contributed by atoms with E-state index in [0.29, 0.717) is 0 Å². The van der Waals surface area contributed by atoms with Crippen LogP contribution in [0, 0.1) is 0 Å². The Labute approximate surface area is 66.8 Å². The number of rotatable bonds is 1. The molecule has 0 bridgehead atoms. The number of pyridine rings is 1. The van der Waals surface area contributed by atoms with Gasteiger partial charge >= 0.3 is 0 Å². The molecular formula is C10H11N. The fourth-order valence-corrected chi connectivity index (χ4v) is 1.58. The van der Waals surface area contributed by atoms with Gasteiger partial charge < -0.3 is 0 Å². The van der Waals surface area contributed by atoms with Crippen LogP contribution in [0.4, 0.5) is 0 Å². The molecule has 0 spiro atoms. The molecule has 1 heteroatoms. The highest BCUT2D eigenvalue weighted by atomic mass is 14.6. The first kappa shape index (κ1) is 6.59. The number of nitrogens with zero attached hydrogens (tertiary/aromatic N) is 1. The molecule has 56 valence electrons. The van der Waals surface area contributed by atoms with E-state index in [4.69, 9.17) is 0 Å². The summed E-state index contributed by atoms with van der Waals surface area (Å²) in [5.74, 6) is 0. The number of aromatic nitrogens is 1. The van der Waals surface area contributed by atoms with Crippen molar-refractivity contribution in [3.63, 3.8) is 0 Å². The molecule has 1 nitrogen and oxygen atoms in total. The van der Waals surface area contributed by atoms with Gasteiger partial charge in [0.15, 0.2) is 0 Å². The largest absolute Gasteiger partial charge is 0.264 e. The quantitative estimate of drug-likeness (QED) is 0.591. The minimum Gasteiger partial charge on any atom is -0.264 e. The second-order valence-corrected chi connectivity index (χ2v) is 2.82. The van der Waals surface area contributed by atoms with Crippen LogP contribution in [0.3, 0.4) is 0 Å². The van der Waals surface area contributed by atoms with Crippen molar-refractivity contribution >= 4 is 5.57 Å². The van der Waals surface area contributed by atoms with Crippen LogP contribution in [-0.2, 0) is 6.42 Å². The smallest absolute Gasteiger partial charge is 0.0309 e. The molecule has 0 aromatic carbocycles. The second-order valence-electron chi connectivity index (χ2n) is 2.82. The first-order valence-corrected chi connectivity index (χ1v) is 4.04. The van der Waals surface area contributed by atoms with Gasteiger partial charge in [0.05, 0.1) is 0 Å². The molecular weight excluding hydrogens is 134 g/mol. The molecule has 1 aliphatic carbocycles. The van der Waals surface area contributed by atoms with Crippen LogP contribution in [0.1, 0.15) is 24.5 Å². The molecule has 0 fully saturated rings. The SMILES string of the molecule is CCC1=CCc2cnccc21. The minimum atomic E-state index is 1.08. The highest BCUT2D eigenvalue weighted by Gasteiger charge is 2.10. The van der Waals surface area contributed by atoms with Gasteiger partial charge in [-0.2, -0.15) is 0 Å². The van der Waals surface area contributed by atoms with Crippen molar-refractivity contribution in [2.75, 3.05) is 0 Å². The number of hydrogen-bond donors (Lipinski definition) is 0. The molecule has 0 amide bonds. The van der Waals surface area contributed by atoms with Crippen LogP contribution in [0.5, 0.6) is 0 Å². The lowest BCUT2D eigenvalue weighted by Crippen LogP contribution is -1.84. The van der Waals surface area contributed by atoms with Gasteiger partial charge in [0.25, 0.3) is 0 Å². The Hall–Kier alpha value is -1.11. The molecule has 1 heterocycles. The monoisotopic (exact) mass is 145 g/mol. The summed E-state index contributed by atoms with van der Waals surface area (Å²) in [5, 5.41) is 0. The standard InChI is InChI=1S/C10H11N/c1-2-8-3-4-9-7-11-6-5-10(8)9/h3,5-7H,2,4H2,1H3. The van der Waals surface area contributed by atoms with E-state index in [0.717, 1.165) is 12.8 Å². The van der Waals surface area contributed by atoms with Crippen LogP contribution in [0.2, 0.25) is 0 Å². The van der Waals surface area contributed by atoms with E-state index in [1.54, 1.807) is 0 Å². The third-order valence-corrected chi connectivity index (χ3v) is 2.20. The maximum atomic E-state index is 4.09. The normalized spacial score (nSPS) is 14.5. The summed E-state index contributed by atoms with van der Waals surface area (Å²) in [5.41, 5.74) is 4.26. The molecule has 11 heavy (non-hydrogen) atoms. The topological polar surface area (TPSA) is 12.9 Å². The lowest BCUT2D eigenvalue weighted by atomic mass is 10.1. The predicted molar refractivity (Wildman–Crippen MR) is 46.2 cm³/mol. The lowest BCUT2D eigenvalue weighted by Gasteiger charge is -2.00. The van der Waals surface area contributed by atoms with Gasteiger partial charge in [0.2, 0.25) is 0 Å². The van der Waals surface area contributed by atoms with Crippen LogP contribution < -0.4 is 0 Å². The number of fused-ring (bicyclic) bond motifs is 1. The third-order valence-electron chi connectivity index (χ3n) is 2.20. The first-order valence-electron chi connectivity index (χ1n) is 4.04. The molecule has 0 N–H and O–H groups in total. The fraction of sp³-hybridized carbons (Fsp3) is 0.300. The first-order chi connectivity index (χ1) is 5.42. The van der Waals surface area contributed by atoms with E-state index >= 15 is 0 Å². The Morgan fingerprint density at radius 1 is 1.55 bits per heavy atom. The van der Waals surface area contributed by atoms with Gasteiger partial charge in [-0.3, -0.25) is 4.98 Å². The van der Waals surface area contributed by atoms with E-state index in [-0.39, 0.29) is 0 Å². The van der Waals surface area contributed by atoms with Crippen molar-refractivity contribution in [1.29, 1.82) is 0 Å². The van der Waals surface area contributed by atoms with Gasteiger partial charge in [-0.05, 0) is 35.6 Å². The Balaban J connectivity index is 2.48. The maximum absolute atomic E-state index is 4.09. The maximum Gasteiger partial charge on any atom is 0.0309 e. The molecule has 0 saturated heterocycles. The average Bonchev–Trinajstić information content (AvgIpc) is 2.47. The van der Waals surface area contributed by atoms with Crippen LogP contribution in [0.25, 0.3) is 5.57 Å².